The molecule has 0 aromatic heterocycles. The average molecular weight is 408 g/mol. The van der Waals surface area contributed by atoms with E-state index in [1.807, 2.05) is 48.2 Å². The van der Waals surface area contributed by atoms with Crippen molar-refractivity contribution in [2.24, 2.45) is 11.8 Å². The first-order valence-electron chi connectivity index (χ1n) is 10.9. The lowest BCUT2D eigenvalue weighted by Crippen LogP contribution is -2.34. The molecule has 0 saturated heterocycles. The fourth-order valence-electron chi connectivity index (χ4n) is 4.17. The van der Waals surface area contributed by atoms with Crippen LogP contribution in [-0.2, 0) is 22.4 Å². The molecule has 2 aromatic rings. The number of nitrogens with zero attached hydrogens (tertiary/aromatic N) is 1. The summed E-state index contributed by atoms with van der Waals surface area (Å²) in [5.74, 6) is 0.915. The Morgan fingerprint density at radius 2 is 2.00 bits per heavy atom. The number of hydrogen-bond acceptors (Lipinski definition) is 4. The maximum Gasteiger partial charge on any atom is 0.309 e. The van der Waals surface area contributed by atoms with Crippen molar-refractivity contribution in [3.63, 3.8) is 0 Å². The van der Waals surface area contributed by atoms with Crippen molar-refractivity contribution < 1.29 is 19.1 Å². The van der Waals surface area contributed by atoms with Gasteiger partial charge < -0.3 is 14.4 Å². The molecule has 1 saturated carbocycles. The Labute approximate surface area is 178 Å². The van der Waals surface area contributed by atoms with Gasteiger partial charge in [0.2, 0.25) is 0 Å². The van der Waals surface area contributed by atoms with Gasteiger partial charge in [0.1, 0.15) is 5.75 Å². The Kier molecular flexibility index (Phi) is 6.36. The molecule has 2 aromatic carbocycles. The Hall–Kier alpha value is -2.82. The standard InChI is InChI=1S/C25H29NO4/c1-2-29-25(28)22-16-21(22)17-26(13-6-9-18-7-4-3-5-8-18)24(27)20-10-11-23-19(15-20)12-14-30-23/h3-5,7-8,10-11,15,21-22H,2,6,9,12-14,16-17H2,1H3/t21-,22-/m0/s1. The molecule has 0 unspecified atom stereocenters. The van der Waals surface area contributed by atoms with Crippen LogP contribution < -0.4 is 4.74 Å². The number of esters is 1. The first-order chi connectivity index (χ1) is 14.7. The number of hydrogen-bond donors (Lipinski definition) is 0. The van der Waals surface area contributed by atoms with Gasteiger partial charge in [-0.3, -0.25) is 9.59 Å². The molecule has 2 aliphatic rings. The van der Waals surface area contributed by atoms with Crippen LogP contribution in [0.3, 0.4) is 0 Å². The van der Waals surface area contributed by atoms with Gasteiger partial charge in [0, 0.05) is 25.1 Å². The molecule has 5 heteroatoms. The first-order valence-corrected chi connectivity index (χ1v) is 10.9. The number of amides is 1. The number of benzene rings is 2. The van der Waals surface area contributed by atoms with Crippen molar-refractivity contribution in [2.75, 3.05) is 26.3 Å². The second-order valence-corrected chi connectivity index (χ2v) is 8.12. The third-order valence-electron chi connectivity index (χ3n) is 5.93. The van der Waals surface area contributed by atoms with Gasteiger partial charge in [-0.1, -0.05) is 30.3 Å². The molecule has 2 atom stereocenters. The van der Waals surface area contributed by atoms with Gasteiger partial charge in [-0.15, -0.1) is 0 Å². The molecule has 30 heavy (non-hydrogen) atoms. The SMILES string of the molecule is CCOC(=O)[C@H]1C[C@H]1CN(CCCc1ccccc1)C(=O)c1ccc2c(c1)CCO2. The number of carbonyl (C=O) groups is 2. The summed E-state index contributed by atoms with van der Waals surface area (Å²) in [6.07, 6.45) is 3.46. The zero-order valence-electron chi connectivity index (χ0n) is 17.5. The van der Waals surface area contributed by atoms with Crippen LogP contribution in [0.2, 0.25) is 0 Å². The van der Waals surface area contributed by atoms with Crippen LogP contribution in [0, 0.1) is 11.8 Å². The summed E-state index contributed by atoms with van der Waals surface area (Å²) in [5.41, 5.74) is 3.07. The molecule has 0 radical (unpaired) electrons. The van der Waals surface area contributed by atoms with Crippen molar-refractivity contribution in [3.8, 4) is 5.75 Å². The number of ether oxygens (including phenoxy) is 2. The van der Waals surface area contributed by atoms with Gasteiger partial charge in [0.15, 0.2) is 0 Å². The van der Waals surface area contributed by atoms with Gasteiger partial charge in [0.05, 0.1) is 19.1 Å². The second kappa shape index (κ2) is 9.33. The minimum atomic E-state index is -0.131. The van der Waals surface area contributed by atoms with E-state index in [1.54, 1.807) is 0 Å². The molecule has 1 amide bonds. The van der Waals surface area contributed by atoms with Gasteiger partial charge in [-0.2, -0.15) is 0 Å². The lowest BCUT2D eigenvalue weighted by atomic mass is 10.1. The summed E-state index contributed by atoms with van der Waals surface area (Å²) in [6, 6.07) is 16.0. The summed E-state index contributed by atoms with van der Waals surface area (Å²) in [4.78, 5) is 27.3. The van der Waals surface area contributed by atoms with Crippen molar-refractivity contribution in [3.05, 3.63) is 65.2 Å². The second-order valence-electron chi connectivity index (χ2n) is 8.12. The molecule has 0 N–H and O–H groups in total. The highest BCUT2D eigenvalue weighted by atomic mass is 16.5. The van der Waals surface area contributed by atoms with Crippen LogP contribution in [0.15, 0.2) is 48.5 Å². The predicted octanol–water partition coefficient (Wildman–Crippen LogP) is 3.90. The third kappa shape index (κ3) is 4.84. The normalized spacial score (nSPS) is 19.0. The van der Waals surface area contributed by atoms with Crippen LogP contribution in [0.1, 0.15) is 41.3 Å². The summed E-state index contributed by atoms with van der Waals surface area (Å²) in [7, 11) is 0. The van der Waals surface area contributed by atoms with Gasteiger partial charge in [0.25, 0.3) is 5.91 Å². The number of fused-ring (bicyclic) bond motifs is 1. The third-order valence-corrected chi connectivity index (χ3v) is 5.93. The fourth-order valence-corrected chi connectivity index (χ4v) is 4.17. The fraction of sp³-hybridized carbons (Fsp3) is 0.440. The zero-order valence-corrected chi connectivity index (χ0v) is 17.5. The van der Waals surface area contributed by atoms with Crippen molar-refractivity contribution in [2.45, 2.75) is 32.6 Å². The van der Waals surface area contributed by atoms with E-state index < -0.39 is 0 Å². The maximum atomic E-state index is 13.3. The smallest absolute Gasteiger partial charge is 0.309 e. The maximum absolute atomic E-state index is 13.3. The summed E-state index contributed by atoms with van der Waals surface area (Å²) < 4.78 is 10.7. The summed E-state index contributed by atoms with van der Waals surface area (Å²) >= 11 is 0. The Morgan fingerprint density at radius 1 is 1.17 bits per heavy atom. The molecule has 1 aliphatic carbocycles. The Bertz CT molecular complexity index is 895. The van der Waals surface area contributed by atoms with Crippen molar-refractivity contribution in [1.82, 2.24) is 4.90 Å². The topological polar surface area (TPSA) is 55.8 Å². The first kappa shape index (κ1) is 20.5. The molecule has 5 nitrogen and oxygen atoms in total. The summed E-state index contributed by atoms with van der Waals surface area (Å²) in [6.45, 7) is 4.18. The van der Waals surface area contributed by atoms with E-state index in [9.17, 15) is 9.59 Å². The van der Waals surface area contributed by atoms with Gasteiger partial charge in [-0.05, 0) is 61.4 Å². The van der Waals surface area contributed by atoms with E-state index >= 15 is 0 Å². The minimum absolute atomic E-state index is 0.0345. The van der Waals surface area contributed by atoms with Crippen molar-refractivity contribution >= 4 is 11.9 Å². The molecule has 4 rings (SSSR count). The van der Waals surface area contributed by atoms with Crippen LogP contribution in [0.4, 0.5) is 0 Å². The molecule has 1 fully saturated rings. The van der Waals surface area contributed by atoms with E-state index in [-0.39, 0.29) is 23.7 Å². The van der Waals surface area contributed by atoms with E-state index in [0.29, 0.717) is 31.9 Å². The van der Waals surface area contributed by atoms with E-state index in [2.05, 4.69) is 12.1 Å². The van der Waals surface area contributed by atoms with Crippen LogP contribution in [0.5, 0.6) is 5.75 Å². The molecule has 158 valence electrons. The molecular weight excluding hydrogens is 378 g/mol. The molecular formula is C25H29NO4. The molecule has 1 heterocycles. The lowest BCUT2D eigenvalue weighted by molar-refractivity contribution is -0.145. The van der Waals surface area contributed by atoms with E-state index in [0.717, 1.165) is 37.0 Å². The minimum Gasteiger partial charge on any atom is -0.493 e. The highest BCUT2D eigenvalue weighted by molar-refractivity contribution is 5.94. The lowest BCUT2D eigenvalue weighted by Gasteiger charge is -2.23. The summed E-state index contributed by atoms with van der Waals surface area (Å²) in [5, 5.41) is 0. The molecule has 1 aliphatic heterocycles. The Balaban J connectivity index is 1.42. The monoisotopic (exact) mass is 407 g/mol. The average Bonchev–Trinajstić information content (AvgIpc) is 3.38. The largest absolute Gasteiger partial charge is 0.493 e. The van der Waals surface area contributed by atoms with Gasteiger partial charge in [-0.25, -0.2) is 0 Å². The number of rotatable bonds is 9. The number of aryl methyl sites for hydroxylation is 1. The van der Waals surface area contributed by atoms with Crippen molar-refractivity contribution in [1.29, 1.82) is 0 Å². The Morgan fingerprint density at radius 3 is 2.80 bits per heavy atom. The zero-order chi connectivity index (χ0) is 20.9. The number of carbonyl (C=O) groups excluding carboxylic acids is 2. The molecule has 0 spiro atoms. The van der Waals surface area contributed by atoms with Crippen LogP contribution >= 0.6 is 0 Å². The molecule has 0 bridgehead atoms. The van der Waals surface area contributed by atoms with E-state index in [1.165, 1.54) is 5.56 Å². The van der Waals surface area contributed by atoms with Gasteiger partial charge >= 0.3 is 5.97 Å². The highest BCUT2D eigenvalue weighted by Gasteiger charge is 2.45. The quantitative estimate of drug-likeness (QED) is 0.592. The van der Waals surface area contributed by atoms with Crippen LogP contribution in [-0.4, -0.2) is 43.1 Å². The van der Waals surface area contributed by atoms with E-state index in [4.69, 9.17) is 9.47 Å². The van der Waals surface area contributed by atoms with Crippen LogP contribution in [0.25, 0.3) is 0 Å². The highest BCUT2D eigenvalue weighted by Crippen LogP contribution is 2.40. The predicted molar refractivity (Wildman–Crippen MR) is 115 cm³/mol.